The standard InChI is InChI=1S/C23H17FN2O/c1-16-6-5-7-18(14-16)22-25-21(15-17-10-12-19(24)13-11-17)23(27)26(22)20-8-3-2-4-9-20/h2-15H,1H3/b21-15-. The number of halogens is 1. The maximum absolute atomic E-state index is 13.2. The van der Waals surface area contributed by atoms with Crippen LogP contribution in [0.2, 0.25) is 0 Å². The van der Waals surface area contributed by atoms with Crippen LogP contribution in [0.3, 0.4) is 0 Å². The first-order valence-electron chi connectivity index (χ1n) is 8.64. The molecule has 0 bridgehead atoms. The highest BCUT2D eigenvalue weighted by molar-refractivity contribution is 6.33. The first kappa shape index (κ1) is 16.9. The van der Waals surface area contributed by atoms with E-state index < -0.39 is 0 Å². The number of aryl methyl sites for hydroxylation is 1. The number of nitrogens with zero attached hydrogens (tertiary/aromatic N) is 2. The molecule has 0 atom stereocenters. The average molecular weight is 356 g/mol. The highest BCUT2D eigenvalue weighted by Gasteiger charge is 2.32. The maximum Gasteiger partial charge on any atom is 0.282 e. The molecule has 3 aromatic rings. The van der Waals surface area contributed by atoms with E-state index in [1.54, 1.807) is 23.1 Å². The van der Waals surface area contributed by atoms with E-state index in [4.69, 9.17) is 0 Å². The van der Waals surface area contributed by atoms with Crippen LogP contribution < -0.4 is 4.90 Å². The number of benzene rings is 3. The van der Waals surface area contributed by atoms with Gasteiger partial charge in [0.05, 0.1) is 5.69 Å². The normalized spacial score (nSPS) is 15.3. The molecular weight excluding hydrogens is 339 g/mol. The number of carbonyl (C=O) groups is 1. The molecule has 4 rings (SSSR count). The van der Waals surface area contributed by atoms with Gasteiger partial charge in [0.2, 0.25) is 0 Å². The van der Waals surface area contributed by atoms with Gasteiger partial charge in [0, 0.05) is 5.56 Å². The second-order valence-corrected chi connectivity index (χ2v) is 6.36. The Bertz CT molecular complexity index is 1050. The topological polar surface area (TPSA) is 32.7 Å². The zero-order chi connectivity index (χ0) is 18.8. The lowest BCUT2D eigenvalue weighted by Crippen LogP contribution is -2.32. The molecule has 4 heteroatoms. The van der Waals surface area contributed by atoms with E-state index in [2.05, 4.69) is 4.99 Å². The summed E-state index contributed by atoms with van der Waals surface area (Å²) in [6.45, 7) is 2.00. The molecule has 1 aliphatic rings. The second-order valence-electron chi connectivity index (χ2n) is 6.36. The van der Waals surface area contributed by atoms with Gasteiger partial charge in [-0.2, -0.15) is 0 Å². The SMILES string of the molecule is Cc1cccc(C2=N/C(=C\c3ccc(F)cc3)C(=O)N2c2ccccc2)c1. The Balaban J connectivity index is 1.82. The number of amidine groups is 1. The summed E-state index contributed by atoms with van der Waals surface area (Å²) < 4.78 is 13.2. The van der Waals surface area contributed by atoms with Gasteiger partial charge in [-0.3, -0.25) is 9.69 Å². The minimum absolute atomic E-state index is 0.206. The first-order chi connectivity index (χ1) is 13.1. The van der Waals surface area contributed by atoms with Gasteiger partial charge in [-0.15, -0.1) is 0 Å². The van der Waals surface area contributed by atoms with Crippen LogP contribution in [-0.2, 0) is 4.79 Å². The van der Waals surface area contributed by atoms with Gasteiger partial charge in [0.25, 0.3) is 5.91 Å². The number of aliphatic imine (C=N–C) groups is 1. The van der Waals surface area contributed by atoms with Crippen molar-refractivity contribution in [3.63, 3.8) is 0 Å². The van der Waals surface area contributed by atoms with Gasteiger partial charge >= 0.3 is 0 Å². The Hall–Kier alpha value is -3.53. The van der Waals surface area contributed by atoms with Crippen LogP contribution in [0, 0.1) is 12.7 Å². The van der Waals surface area contributed by atoms with Crippen LogP contribution in [0.25, 0.3) is 6.08 Å². The van der Waals surface area contributed by atoms with Gasteiger partial charge < -0.3 is 0 Å². The van der Waals surface area contributed by atoms with Gasteiger partial charge in [0.15, 0.2) is 0 Å². The summed E-state index contributed by atoms with van der Waals surface area (Å²) in [5, 5.41) is 0. The molecule has 0 fully saturated rings. The smallest absolute Gasteiger partial charge is 0.266 e. The molecule has 0 spiro atoms. The molecule has 3 nitrogen and oxygen atoms in total. The Morgan fingerprint density at radius 2 is 1.67 bits per heavy atom. The van der Waals surface area contributed by atoms with Gasteiger partial charge in [-0.05, 0) is 48.9 Å². The number of para-hydroxylation sites is 1. The maximum atomic E-state index is 13.2. The van der Waals surface area contributed by atoms with Crippen LogP contribution in [0.15, 0.2) is 89.6 Å². The van der Waals surface area contributed by atoms with Crippen molar-refractivity contribution >= 4 is 23.5 Å². The fourth-order valence-electron chi connectivity index (χ4n) is 3.03. The van der Waals surface area contributed by atoms with E-state index in [1.807, 2.05) is 61.5 Å². The lowest BCUT2D eigenvalue weighted by molar-refractivity contribution is -0.113. The largest absolute Gasteiger partial charge is 0.282 e. The minimum atomic E-state index is -0.315. The highest BCUT2D eigenvalue weighted by atomic mass is 19.1. The molecule has 0 aliphatic carbocycles. The Labute approximate surface area is 157 Å². The van der Waals surface area contributed by atoms with Crippen molar-refractivity contribution in [2.24, 2.45) is 4.99 Å². The lowest BCUT2D eigenvalue weighted by Gasteiger charge is -2.18. The van der Waals surface area contributed by atoms with Crippen molar-refractivity contribution in [1.29, 1.82) is 0 Å². The third-order valence-electron chi connectivity index (χ3n) is 4.32. The number of hydrogen-bond acceptors (Lipinski definition) is 2. The fourth-order valence-corrected chi connectivity index (χ4v) is 3.03. The highest BCUT2D eigenvalue weighted by Crippen LogP contribution is 2.28. The number of rotatable bonds is 3. The minimum Gasteiger partial charge on any atom is -0.266 e. The summed E-state index contributed by atoms with van der Waals surface area (Å²) in [6.07, 6.45) is 1.68. The van der Waals surface area contributed by atoms with Gasteiger partial charge in [0.1, 0.15) is 17.3 Å². The summed E-state index contributed by atoms with van der Waals surface area (Å²) in [4.78, 5) is 19.3. The summed E-state index contributed by atoms with van der Waals surface area (Å²) in [5.74, 6) is 0.0649. The van der Waals surface area contributed by atoms with E-state index >= 15 is 0 Å². The molecule has 0 aromatic heterocycles. The number of hydrogen-bond donors (Lipinski definition) is 0. The van der Waals surface area contributed by atoms with Crippen LogP contribution in [0.4, 0.5) is 10.1 Å². The van der Waals surface area contributed by atoms with E-state index in [9.17, 15) is 9.18 Å². The first-order valence-corrected chi connectivity index (χ1v) is 8.64. The molecule has 1 amide bonds. The zero-order valence-electron chi connectivity index (χ0n) is 14.8. The molecule has 1 aliphatic heterocycles. The number of carbonyl (C=O) groups excluding carboxylic acids is 1. The van der Waals surface area contributed by atoms with Crippen molar-refractivity contribution in [3.05, 3.63) is 107 Å². The van der Waals surface area contributed by atoms with Crippen LogP contribution in [0.5, 0.6) is 0 Å². The predicted molar refractivity (Wildman–Crippen MR) is 106 cm³/mol. The second kappa shape index (κ2) is 7.00. The number of anilines is 1. The summed E-state index contributed by atoms with van der Waals surface area (Å²) >= 11 is 0. The van der Waals surface area contributed by atoms with E-state index in [1.165, 1.54) is 12.1 Å². The van der Waals surface area contributed by atoms with Crippen LogP contribution in [0.1, 0.15) is 16.7 Å². The molecule has 3 aromatic carbocycles. The van der Waals surface area contributed by atoms with Crippen molar-refractivity contribution in [2.75, 3.05) is 4.90 Å². The summed E-state index contributed by atoms with van der Waals surface area (Å²) in [6, 6.07) is 23.3. The van der Waals surface area contributed by atoms with Crippen molar-refractivity contribution in [2.45, 2.75) is 6.92 Å². The molecular formula is C23H17FN2O. The molecule has 0 N–H and O–H groups in total. The van der Waals surface area contributed by atoms with Crippen molar-refractivity contribution in [3.8, 4) is 0 Å². The zero-order valence-corrected chi connectivity index (χ0v) is 14.8. The fraction of sp³-hybridized carbons (Fsp3) is 0.0435. The summed E-state index contributed by atoms with van der Waals surface area (Å²) in [7, 11) is 0. The third kappa shape index (κ3) is 3.42. The van der Waals surface area contributed by atoms with Gasteiger partial charge in [-0.1, -0.05) is 54.1 Å². The quantitative estimate of drug-likeness (QED) is 0.610. The van der Waals surface area contributed by atoms with Gasteiger partial charge in [-0.25, -0.2) is 9.38 Å². The molecule has 1 heterocycles. The van der Waals surface area contributed by atoms with Crippen molar-refractivity contribution in [1.82, 2.24) is 0 Å². The van der Waals surface area contributed by atoms with E-state index in [0.717, 1.165) is 22.4 Å². The average Bonchev–Trinajstić information content (AvgIpc) is 3.01. The number of amides is 1. The monoisotopic (exact) mass is 356 g/mol. The lowest BCUT2D eigenvalue weighted by atomic mass is 10.1. The predicted octanol–water partition coefficient (Wildman–Crippen LogP) is 4.97. The molecule has 132 valence electrons. The molecule has 0 saturated heterocycles. The molecule has 0 saturated carbocycles. The van der Waals surface area contributed by atoms with Crippen LogP contribution in [-0.4, -0.2) is 11.7 Å². The van der Waals surface area contributed by atoms with Crippen LogP contribution >= 0.6 is 0 Å². The molecule has 0 radical (unpaired) electrons. The Morgan fingerprint density at radius 1 is 0.926 bits per heavy atom. The van der Waals surface area contributed by atoms with E-state index in [-0.39, 0.29) is 11.7 Å². The molecule has 27 heavy (non-hydrogen) atoms. The Kier molecular flexibility index (Phi) is 4.38. The molecule has 0 unspecified atom stereocenters. The van der Waals surface area contributed by atoms with E-state index in [0.29, 0.717) is 11.5 Å². The van der Waals surface area contributed by atoms with Crippen molar-refractivity contribution < 1.29 is 9.18 Å². The third-order valence-corrected chi connectivity index (χ3v) is 4.32. The summed E-state index contributed by atoms with van der Waals surface area (Å²) in [5.41, 5.74) is 3.76. The Morgan fingerprint density at radius 3 is 2.37 bits per heavy atom.